The second-order valence-electron chi connectivity index (χ2n) is 5.10. The quantitative estimate of drug-likeness (QED) is 0.315. The number of esters is 1. The number of unbranched alkanes of at least 4 members (excludes halogenated alkanes) is 4. The fraction of sp³-hybridized carbons (Fsp3) is 0.812. The average molecular weight is 254 g/mol. The van der Waals surface area contributed by atoms with Gasteiger partial charge in [0.05, 0.1) is 6.10 Å². The molecular weight excluding hydrogens is 224 g/mol. The van der Waals surface area contributed by atoms with Crippen molar-refractivity contribution < 1.29 is 9.53 Å². The zero-order valence-electron chi connectivity index (χ0n) is 12.6. The normalized spacial score (nSPS) is 14.7. The first-order chi connectivity index (χ1) is 8.60. The Morgan fingerprint density at radius 3 is 2.50 bits per heavy atom. The van der Waals surface area contributed by atoms with E-state index in [-0.39, 0.29) is 12.1 Å². The van der Waals surface area contributed by atoms with E-state index in [1.54, 1.807) is 0 Å². The summed E-state index contributed by atoms with van der Waals surface area (Å²) in [6.07, 6.45) is 13.1. The topological polar surface area (TPSA) is 26.3 Å². The van der Waals surface area contributed by atoms with Crippen LogP contribution in [0.1, 0.15) is 72.6 Å². The fourth-order valence-corrected chi connectivity index (χ4v) is 2.12. The zero-order valence-corrected chi connectivity index (χ0v) is 12.6. The largest absolute Gasteiger partial charge is 0.463 e. The van der Waals surface area contributed by atoms with Crippen LogP contribution in [0.4, 0.5) is 0 Å². The molecule has 0 aromatic heterocycles. The first kappa shape index (κ1) is 17.2. The second kappa shape index (κ2) is 11.3. The standard InChI is InChI=1S/C16H30O2/c1-5-7-8-9-10-11-12-16(6-2)13-14(3)18-15(4)17/h11-12,14,16H,5-10,13H2,1-4H3/b12-11+/t14-,16?/m0/s1. The van der Waals surface area contributed by atoms with Gasteiger partial charge in [0.2, 0.25) is 0 Å². The van der Waals surface area contributed by atoms with E-state index >= 15 is 0 Å². The van der Waals surface area contributed by atoms with Crippen molar-refractivity contribution in [1.29, 1.82) is 0 Å². The number of rotatable bonds is 10. The van der Waals surface area contributed by atoms with Crippen molar-refractivity contribution in [3.8, 4) is 0 Å². The molecule has 0 rings (SSSR count). The van der Waals surface area contributed by atoms with Crippen LogP contribution >= 0.6 is 0 Å². The summed E-state index contributed by atoms with van der Waals surface area (Å²) in [5.74, 6) is 0.353. The lowest BCUT2D eigenvalue weighted by Crippen LogP contribution is -2.15. The highest BCUT2D eigenvalue weighted by molar-refractivity contribution is 5.66. The molecule has 0 amide bonds. The predicted molar refractivity (Wildman–Crippen MR) is 77.5 cm³/mol. The summed E-state index contributed by atoms with van der Waals surface area (Å²) in [7, 11) is 0. The lowest BCUT2D eigenvalue weighted by Gasteiger charge is -2.16. The number of carbonyl (C=O) groups is 1. The summed E-state index contributed by atoms with van der Waals surface area (Å²) in [6, 6.07) is 0. The van der Waals surface area contributed by atoms with Crippen LogP contribution in [0.15, 0.2) is 12.2 Å². The van der Waals surface area contributed by atoms with Crippen LogP contribution in [0.3, 0.4) is 0 Å². The number of ether oxygens (including phenoxy) is 1. The van der Waals surface area contributed by atoms with E-state index in [9.17, 15) is 4.79 Å². The molecule has 0 saturated carbocycles. The van der Waals surface area contributed by atoms with Crippen molar-refractivity contribution in [3.05, 3.63) is 12.2 Å². The van der Waals surface area contributed by atoms with Gasteiger partial charge in [-0.1, -0.05) is 45.3 Å². The Hall–Kier alpha value is -0.790. The van der Waals surface area contributed by atoms with Gasteiger partial charge in [-0.3, -0.25) is 4.79 Å². The van der Waals surface area contributed by atoms with E-state index in [0.29, 0.717) is 5.92 Å². The summed E-state index contributed by atoms with van der Waals surface area (Å²) in [5.41, 5.74) is 0. The Balaban J connectivity index is 3.80. The van der Waals surface area contributed by atoms with Gasteiger partial charge in [0, 0.05) is 6.92 Å². The van der Waals surface area contributed by atoms with Crippen molar-refractivity contribution in [1.82, 2.24) is 0 Å². The summed E-state index contributed by atoms with van der Waals surface area (Å²) < 4.78 is 5.17. The molecular formula is C16H30O2. The van der Waals surface area contributed by atoms with Crippen LogP contribution in [-0.2, 0) is 9.53 Å². The molecule has 2 heteroatoms. The maximum Gasteiger partial charge on any atom is 0.302 e. The van der Waals surface area contributed by atoms with Gasteiger partial charge in [-0.25, -0.2) is 0 Å². The van der Waals surface area contributed by atoms with Gasteiger partial charge >= 0.3 is 5.97 Å². The summed E-state index contributed by atoms with van der Waals surface area (Å²) in [4.78, 5) is 10.8. The van der Waals surface area contributed by atoms with E-state index < -0.39 is 0 Å². The van der Waals surface area contributed by atoms with Gasteiger partial charge < -0.3 is 4.74 Å². The Labute approximate surface area is 113 Å². The molecule has 1 unspecified atom stereocenters. The van der Waals surface area contributed by atoms with Gasteiger partial charge in [0.25, 0.3) is 0 Å². The highest BCUT2D eigenvalue weighted by Crippen LogP contribution is 2.16. The van der Waals surface area contributed by atoms with Crippen molar-refractivity contribution in [2.24, 2.45) is 5.92 Å². The molecule has 0 aromatic rings. The zero-order chi connectivity index (χ0) is 13.8. The van der Waals surface area contributed by atoms with Gasteiger partial charge in [-0.15, -0.1) is 0 Å². The summed E-state index contributed by atoms with van der Waals surface area (Å²) in [6.45, 7) is 7.87. The van der Waals surface area contributed by atoms with Crippen LogP contribution in [0, 0.1) is 5.92 Å². The maximum atomic E-state index is 10.8. The van der Waals surface area contributed by atoms with E-state index in [2.05, 4.69) is 26.0 Å². The Morgan fingerprint density at radius 2 is 1.94 bits per heavy atom. The highest BCUT2D eigenvalue weighted by atomic mass is 16.5. The number of hydrogen-bond acceptors (Lipinski definition) is 2. The molecule has 0 N–H and O–H groups in total. The Bertz CT molecular complexity index is 233. The van der Waals surface area contributed by atoms with E-state index in [1.807, 2.05) is 6.92 Å². The van der Waals surface area contributed by atoms with Gasteiger partial charge in [-0.2, -0.15) is 0 Å². The van der Waals surface area contributed by atoms with Crippen molar-refractivity contribution in [2.75, 3.05) is 0 Å². The number of allylic oxidation sites excluding steroid dienone is 2. The third kappa shape index (κ3) is 10.4. The molecule has 0 radical (unpaired) electrons. The molecule has 0 spiro atoms. The van der Waals surface area contributed by atoms with Crippen LogP contribution in [0.2, 0.25) is 0 Å². The van der Waals surface area contributed by atoms with Gasteiger partial charge in [0.1, 0.15) is 0 Å². The maximum absolute atomic E-state index is 10.8. The minimum atomic E-state index is -0.180. The molecule has 0 aliphatic rings. The monoisotopic (exact) mass is 254 g/mol. The molecule has 106 valence electrons. The van der Waals surface area contributed by atoms with Crippen molar-refractivity contribution in [3.63, 3.8) is 0 Å². The Kier molecular flexibility index (Phi) is 10.8. The number of carbonyl (C=O) groups excluding carboxylic acids is 1. The van der Waals surface area contributed by atoms with Crippen LogP contribution in [0.5, 0.6) is 0 Å². The SMILES string of the molecule is CCCCCC/C=C/C(CC)C[C@H](C)OC(C)=O. The molecule has 0 aliphatic heterocycles. The number of hydrogen-bond donors (Lipinski definition) is 0. The molecule has 2 nitrogen and oxygen atoms in total. The molecule has 0 heterocycles. The summed E-state index contributed by atoms with van der Waals surface area (Å²) in [5, 5.41) is 0. The third-order valence-electron chi connectivity index (χ3n) is 3.16. The van der Waals surface area contributed by atoms with Gasteiger partial charge in [0.15, 0.2) is 0 Å². The van der Waals surface area contributed by atoms with Crippen LogP contribution in [-0.4, -0.2) is 12.1 Å². The highest BCUT2D eigenvalue weighted by Gasteiger charge is 2.10. The predicted octanol–water partition coefficient (Wildman–Crippen LogP) is 4.88. The minimum Gasteiger partial charge on any atom is -0.463 e. The molecule has 0 saturated heterocycles. The Morgan fingerprint density at radius 1 is 1.22 bits per heavy atom. The third-order valence-corrected chi connectivity index (χ3v) is 3.16. The molecule has 2 atom stereocenters. The molecule has 18 heavy (non-hydrogen) atoms. The average Bonchev–Trinajstić information content (AvgIpc) is 2.31. The summed E-state index contributed by atoms with van der Waals surface area (Å²) >= 11 is 0. The van der Waals surface area contributed by atoms with Crippen molar-refractivity contribution >= 4 is 5.97 Å². The minimum absolute atomic E-state index is 0.0252. The molecule has 0 aromatic carbocycles. The van der Waals surface area contributed by atoms with Gasteiger partial charge in [-0.05, 0) is 38.5 Å². The lowest BCUT2D eigenvalue weighted by molar-refractivity contribution is -0.146. The smallest absolute Gasteiger partial charge is 0.302 e. The van der Waals surface area contributed by atoms with E-state index in [0.717, 1.165) is 12.8 Å². The van der Waals surface area contributed by atoms with E-state index in [1.165, 1.54) is 39.0 Å². The fourth-order valence-electron chi connectivity index (χ4n) is 2.12. The lowest BCUT2D eigenvalue weighted by atomic mass is 9.98. The van der Waals surface area contributed by atoms with Crippen molar-refractivity contribution in [2.45, 2.75) is 78.7 Å². The van der Waals surface area contributed by atoms with E-state index in [4.69, 9.17) is 4.74 Å². The van der Waals surface area contributed by atoms with Crippen LogP contribution in [0.25, 0.3) is 0 Å². The molecule has 0 aliphatic carbocycles. The first-order valence-electron chi connectivity index (χ1n) is 7.44. The first-order valence-corrected chi connectivity index (χ1v) is 7.44. The van der Waals surface area contributed by atoms with Crippen LogP contribution < -0.4 is 0 Å². The molecule has 0 fully saturated rings. The second-order valence-corrected chi connectivity index (χ2v) is 5.10. The molecule has 0 bridgehead atoms.